The molecule has 0 saturated carbocycles. The number of ether oxygens (including phenoxy) is 1. The van der Waals surface area contributed by atoms with Crippen LogP contribution in [0.25, 0.3) is 10.9 Å². The number of aromatic nitrogens is 1. The van der Waals surface area contributed by atoms with Gasteiger partial charge >= 0.3 is 6.09 Å². The maximum Gasteiger partial charge on any atom is 0.406 e. The lowest BCUT2D eigenvalue weighted by Crippen LogP contribution is -2.25. The van der Waals surface area contributed by atoms with Crippen LogP contribution in [0, 0.1) is 0 Å². The number of benzene rings is 2. The number of rotatable bonds is 5. The maximum absolute atomic E-state index is 11.4. The molecule has 5 nitrogen and oxygen atoms in total. The molecule has 0 atom stereocenters. The van der Waals surface area contributed by atoms with Gasteiger partial charge in [-0.1, -0.05) is 41.9 Å². The van der Waals surface area contributed by atoms with Crippen molar-refractivity contribution in [2.45, 2.75) is 6.42 Å². The normalized spacial score (nSPS) is 11.6. The second-order valence-corrected chi connectivity index (χ2v) is 6.21. The Morgan fingerprint density at radius 1 is 1.19 bits per heavy atom. The quantitative estimate of drug-likeness (QED) is 0.662. The van der Waals surface area contributed by atoms with Gasteiger partial charge in [0.1, 0.15) is 0 Å². The molecule has 0 radical (unpaired) electrons. The monoisotopic (exact) mass is 369 g/mol. The lowest BCUT2D eigenvalue weighted by molar-refractivity contribution is 0.171. The number of nitrogens with one attached hydrogen (secondary N) is 2. The van der Waals surface area contributed by atoms with Crippen LogP contribution < -0.4 is 5.32 Å². The van der Waals surface area contributed by atoms with Crippen molar-refractivity contribution in [1.82, 2.24) is 10.3 Å². The number of carbonyl (C=O) groups excluding carboxylic acids is 1. The van der Waals surface area contributed by atoms with Gasteiger partial charge < -0.3 is 15.0 Å². The molecule has 0 bridgehead atoms. The minimum absolute atomic E-state index is 0.437. The number of methoxy groups -OCH3 is 1. The molecule has 2 aromatic carbocycles. The fraction of sp³-hybridized carbons (Fsp3) is 0.200. The Bertz CT molecular complexity index is 945. The van der Waals surface area contributed by atoms with Gasteiger partial charge in [0, 0.05) is 35.1 Å². The smallest absolute Gasteiger partial charge is 0.406 e. The van der Waals surface area contributed by atoms with E-state index in [1.807, 2.05) is 42.5 Å². The van der Waals surface area contributed by atoms with E-state index < -0.39 is 6.09 Å². The maximum atomic E-state index is 11.4. The Morgan fingerprint density at radius 2 is 1.92 bits per heavy atom. The third-order valence-corrected chi connectivity index (χ3v) is 4.47. The second-order valence-electron chi connectivity index (χ2n) is 5.77. The summed E-state index contributed by atoms with van der Waals surface area (Å²) in [4.78, 5) is 19.3. The van der Waals surface area contributed by atoms with Crippen molar-refractivity contribution < 1.29 is 9.53 Å². The fourth-order valence-corrected chi connectivity index (χ4v) is 3.14. The molecule has 0 aliphatic heterocycles. The van der Waals surface area contributed by atoms with E-state index in [2.05, 4.69) is 26.1 Å². The first-order valence-corrected chi connectivity index (χ1v) is 8.66. The van der Waals surface area contributed by atoms with Crippen LogP contribution in [-0.2, 0) is 11.2 Å². The highest BCUT2D eigenvalue weighted by molar-refractivity contribution is 6.30. The summed E-state index contributed by atoms with van der Waals surface area (Å²) in [6.45, 7) is 0.471. The summed E-state index contributed by atoms with van der Waals surface area (Å²) in [7, 11) is 3.13. The summed E-state index contributed by atoms with van der Waals surface area (Å²) in [5.41, 5.74) is 4.91. The molecule has 134 valence electrons. The number of hydrogen-bond acceptors (Lipinski definition) is 3. The van der Waals surface area contributed by atoms with Crippen LogP contribution in [0.2, 0.25) is 5.02 Å². The molecule has 0 aliphatic rings. The van der Waals surface area contributed by atoms with E-state index in [9.17, 15) is 4.79 Å². The first kappa shape index (κ1) is 18.0. The summed E-state index contributed by atoms with van der Waals surface area (Å²) < 4.78 is 4.64. The zero-order valence-corrected chi connectivity index (χ0v) is 15.4. The molecule has 1 heterocycles. The molecule has 3 rings (SSSR count). The largest absolute Gasteiger partial charge is 0.453 e. The van der Waals surface area contributed by atoms with Gasteiger partial charge in [-0.3, -0.25) is 4.99 Å². The number of nitrogens with zero attached hydrogens (tertiary/aromatic N) is 1. The Hall–Kier alpha value is -2.79. The number of fused-ring (bicyclic) bond motifs is 1. The number of halogens is 1. The van der Waals surface area contributed by atoms with E-state index in [1.54, 1.807) is 7.05 Å². The lowest BCUT2D eigenvalue weighted by atomic mass is 10.0. The molecule has 0 aliphatic carbocycles. The Labute approximate surface area is 157 Å². The molecule has 0 fully saturated rings. The topological polar surface area (TPSA) is 66.5 Å². The van der Waals surface area contributed by atoms with E-state index in [0.717, 1.165) is 33.4 Å². The van der Waals surface area contributed by atoms with Crippen molar-refractivity contribution in [3.63, 3.8) is 0 Å². The second kappa shape index (κ2) is 8.06. The Morgan fingerprint density at radius 3 is 2.62 bits per heavy atom. The van der Waals surface area contributed by atoms with Crippen molar-refractivity contribution in [1.29, 1.82) is 0 Å². The zero-order chi connectivity index (χ0) is 18.5. The highest BCUT2D eigenvalue weighted by Gasteiger charge is 2.17. The summed E-state index contributed by atoms with van der Waals surface area (Å²) in [5.74, 6) is 0. The third kappa shape index (κ3) is 3.73. The Balaban J connectivity index is 2.02. The fourth-order valence-electron chi connectivity index (χ4n) is 3.02. The molecular weight excluding hydrogens is 350 g/mol. The van der Waals surface area contributed by atoms with Gasteiger partial charge in [-0.15, -0.1) is 0 Å². The number of aromatic amines is 1. The van der Waals surface area contributed by atoms with Gasteiger partial charge in [0.15, 0.2) is 0 Å². The molecule has 3 aromatic rings. The number of H-pyrrole nitrogens is 1. The van der Waals surface area contributed by atoms with Crippen molar-refractivity contribution in [2.24, 2.45) is 4.99 Å². The molecule has 1 amide bonds. The van der Waals surface area contributed by atoms with Gasteiger partial charge in [0.25, 0.3) is 0 Å². The van der Waals surface area contributed by atoms with E-state index >= 15 is 0 Å². The van der Waals surface area contributed by atoms with E-state index in [1.165, 1.54) is 7.11 Å². The van der Waals surface area contributed by atoms with Gasteiger partial charge in [0.05, 0.1) is 18.5 Å². The minimum Gasteiger partial charge on any atom is -0.453 e. The number of para-hydroxylation sites is 1. The first-order chi connectivity index (χ1) is 12.6. The van der Waals surface area contributed by atoms with Crippen molar-refractivity contribution in [3.8, 4) is 0 Å². The standard InChI is InChI=1S/C20H20ClN3O2/c1-22-18(13-7-9-14(21)10-8-13)19-16(11-12-23-20(25)26-2)15-5-3-4-6-17(15)24-19/h3-10,24H,11-12H2,1-2H3,(H,23,25). The van der Waals surface area contributed by atoms with Gasteiger partial charge in [-0.05, 0) is 30.2 Å². The molecule has 6 heteroatoms. The number of carbonyl (C=O) groups is 1. The third-order valence-electron chi connectivity index (χ3n) is 4.22. The molecule has 0 saturated heterocycles. The average molecular weight is 370 g/mol. The summed E-state index contributed by atoms with van der Waals surface area (Å²) in [6.07, 6.45) is 0.217. The molecule has 2 N–H and O–H groups in total. The molecule has 26 heavy (non-hydrogen) atoms. The molecule has 0 spiro atoms. The lowest BCUT2D eigenvalue weighted by Gasteiger charge is -2.09. The molecule has 0 unspecified atom stereocenters. The van der Waals surface area contributed by atoms with Crippen LogP contribution in [0.4, 0.5) is 4.79 Å². The minimum atomic E-state index is -0.437. The summed E-state index contributed by atoms with van der Waals surface area (Å²) >= 11 is 6.01. The number of aliphatic imine (C=N–C) groups is 1. The van der Waals surface area contributed by atoms with E-state index in [-0.39, 0.29) is 0 Å². The van der Waals surface area contributed by atoms with Gasteiger partial charge in [-0.25, -0.2) is 4.79 Å². The van der Waals surface area contributed by atoms with Crippen LogP contribution in [0.1, 0.15) is 16.8 Å². The summed E-state index contributed by atoms with van der Waals surface area (Å²) in [5, 5.41) is 4.53. The van der Waals surface area contributed by atoms with Crippen molar-refractivity contribution in [2.75, 3.05) is 20.7 Å². The van der Waals surface area contributed by atoms with Crippen LogP contribution in [0.5, 0.6) is 0 Å². The van der Waals surface area contributed by atoms with Crippen molar-refractivity contribution in [3.05, 3.63) is 70.4 Å². The number of amides is 1. The summed E-state index contributed by atoms with van der Waals surface area (Å²) in [6, 6.07) is 15.7. The average Bonchev–Trinajstić information content (AvgIpc) is 3.02. The van der Waals surface area contributed by atoms with Gasteiger partial charge in [-0.2, -0.15) is 0 Å². The molecule has 1 aromatic heterocycles. The SMILES string of the molecule is CN=C(c1ccc(Cl)cc1)c1[nH]c2ccccc2c1CCNC(=O)OC. The number of hydrogen-bond donors (Lipinski definition) is 2. The zero-order valence-electron chi connectivity index (χ0n) is 14.7. The van der Waals surface area contributed by atoms with Crippen LogP contribution >= 0.6 is 11.6 Å². The highest BCUT2D eigenvalue weighted by Crippen LogP contribution is 2.26. The number of alkyl carbamates (subject to hydrolysis) is 1. The van der Waals surface area contributed by atoms with Crippen LogP contribution in [-0.4, -0.2) is 37.5 Å². The van der Waals surface area contributed by atoms with Gasteiger partial charge in [0.2, 0.25) is 0 Å². The van der Waals surface area contributed by atoms with E-state index in [4.69, 9.17) is 11.6 Å². The van der Waals surface area contributed by atoms with Crippen LogP contribution in [0.15, 0.2) is 53.5 Å². The van der Waals surface area contributed by atoms with E-state index in [0.29, 0.717) is 18.0 Å². The Kier molecular flexibility index (Phi) is 5.58. The molecular formula is C20H20ClN3O2. The first-order valence-electron chi connectivity index (χ1n) is 8.28. The highest BCUT2D eigenvalue weighted by atomic mass is 35.5. The van der Waals surface area contributed by atoms with Crippen LogP contribution in [0.3, 0.4) is 0 Å². The predicted octanol–water partition coefficient (Wildman–Crippen LogP) is 4.19. The predicted molar refractivity (Wildman–Crippen MR) is 105 cm³/mol. The van der Waals surface area contributed by atoms with Crippen molar-refractivity contribution >= 4 is 34.3 Å².